The Morgan fingerprint density at radius 1 is 1.15 bits per heavy atom. The lowest BCUT2D eigenvalue weighted by atomic mass is 9.89. The Bertz CT molecular complexity index is 1350. The molecule has 1 fully saturated rings. The van der Waals surface area contributed by atoms with Gasteiger partial charge in [-0.15, -0.1) is 0 Å². The zero-order valence-corrected chi connectivity index (χ0v) is 23.8. The highest BCUT2D eigenvalue weighted by Crippen LogP contribution is 2.38. The van der Waals surface area contributed by atoms with Crippen molar-refractivity contribution in [3.63, 3.8) is 0 Å². The number of piperidine rings is 1. The minimum atomic E-state index is -1.63. The maximum Gasteiger partial charge on any atom is 0.226 e. The van der Waals surface area contributed by atoms with Crippen molar-refractivity contribution in [2.75, 3.05) is 31.6 Å². The maximum absolute atomic E-state index is 15.7. The first kappa shape index (κ1) is 27.2. The topological polar surface area (TPSA) is 61.2 Å². The number of aromatic nitrogens is 2. The highest BCUT2D eigenvalue weighted by atomic mass is 19.1. The smallest absolute Gasteiger partial charge is 0.226 e. The van der Waals surface area contributed by atoms with Crippen molar-refractivity contribution in [1.29, 1.82) is 0 Å². The van der Waals surface area contributed by atoms with Gasteiger partial charge >= 0.3 is 0 Å². The van der Waals surface area contributed by atoms with Gasteiger partial charge in [0.25, 0.3) is 0 Å². The van der Waals surface area contributed by atoms with Crippen molar-refractivity contribution in [3.8, 4) is 0 Å². The summed E-state index contributed by atoms with van der Waals surface area (Å²) >= 11 is 0. The molecule has 2 aliphatic rings. The molecule has 5 rings (SSSR count). The van der Waals surface area contributed by atoms with Crippen molar-refractivity contribution in [2.45, 2.75) is 71.5 Å². The number of rotatable bonds is 6. The number of likely N-dealkylation sites (tertiary alicyclic amines) is 1. The van der Waals surface area contributed by atoms with E-state index in [-0.39, 0.29) is 17.7 Å². The normalized spacial score (nSPS) is 17.3. The van der Waals surface area contributed by atoms with E-state index in [1.165, 1.54) is 25.1 Å². The van der Waals surface area contributed by atoms with Gasteiger partial charge in [-0.1, -0.05) is 19.1 Å². The molecule has 0 N–H and O–H groups in total. The summed E-state index contributed by atoms with van der Waals surface area (Å²) in [5, 5.41) is 0. The van der Waals surface area contributed by atoms with Gasteiger partial charge in [0.2, 0.25) is 11.8 Å². The minimum Gasteiger partial charge on any atom is -0.343 e. The molecule has 0 unspecified atom stereocenters. The van der Waals surface area contributed by atoms with Gasteiger partial charge in [-0.3, -0.25) is 9.59 Å². The number of halogens is 1. The van der Waals surface area contributed by atoms with E-state index in [9.17, 15) is 9.59 Å². The number of anilines is 2. The molecule has 4 heterocycles. The second-order valence-electron chi connectivity index (χ2n) is 11.6. The van der Waals surface area contributed by atoms with Gasteiger partial charge in [0.15, 0.2) is 0 Å². The van der Waals surface area contributed by atoms with Crippen molar-refractivity contribution in [1.82, 2.24) is 19.2 Å². The van der Waals surface area contributed by atoms with Crippen LogP contribution in [0.4, 0.5) is 15.8 Å². The molecule has 0 aliphatic carbocycles. The van der Waals surface area contributed by atoms with Crippen LogP contribution < -0.4 is 4.90 Å². The molecule has 2 aromatic heterocycles. The van der Waals surface area contributed by atoms with E-state index in [1.54, 1.807) is 11.9 Å². The van der Waals surface area contributed by atoms with Crippen LogP contribution in [-0.4, -0.2) is 63.3 Å². The molecule has 0 radical (unpaired) electrons. The molecule has 1 saturated heterocycles. The fraction of sp³-hybridized carbons (Fsp3) is 0.516. The molecule has 208 valence electrons. The van der Waals surface area contributed by atoms with Gasteiger partial charge in [-0.25, -0.2) is 9.37 Å². The van der Waals surface area contributed by atoms with E-state index < -0.39 is 11.7 Å². The highest BCUT2D eigenvalue weighted by molar-refractivity contribution is 5.80. The molecule has 2 amide bonds. The number of nitrogens with zero attached hydrogens (tertiary/aromatic N) is 5. The number of aryl methyl sites for hydroxylation is 2. The van der Waals surface area contributed by atoms with Crippen molar-refractivity contribution in [3.05, 3.63) is 59.5 Å². The Morgan fingerprint density at radius 3 is 2.49 bits per heavy atom. The van der Waals surface area contributed by atoms with E-state index in [2.05, 4.69) is 33.5 Å². The van der Waals surface area contributed by atoms with Crippen LogP contribution in [0.2, 0.25) is 0 Å². The van der Waals surface area contributed by atoms with Crippen LogP contribution >= 0.6 is 0 Å². The Morgan fingerprint density at radius 2 is 1.85 bits per heavy atom. The van der Waals surface area contributed by atoms with E-state index in [0.29, 0.717) is 32.4 Å². The summed E-state index contributed by atoms with van der Waals surface area (Å²) in [4.78, 5) is 35.9. The van der Waals surface area contributed by atoms with E-state index in [1.807, 2.05) is 42.3 Å². The highest BCUT2D eigenvalue weighted by Gasteiger charge is 2.39. The summed E-state index contributed by atoms with van der Waals surface area (Å²) in [5.41, 5.74) is 4.67. The summed E-state index contributed by atoms with van der Waals surface area (Å²) in [6.45, 7) is 9.06. The third kappa shape index (κ3) is 5.25. The number of hydrogen-bond acceptors (Lipinski definition) is 4. The van der Waals surface area contributed by atoms with Crippen molar-refractivity contribution < 1.29 is 14.0 Å². The Hall–Kier alpha value is -3.42. The largest absolute Gasteiger partial charge is 0.343 e. The molecule has 1 aromatic carbocycles. The summed E-state index contributed by atoms with van der Waals surface area (Å²) in [6, 6.07) is 9.34. The number of alkyl halides is 1. The number of fused-ring (bicyclic) bond motifs is 3. The lowest BCUT2D eigenvalue weighted by Crippen LogP contribution is -2.47. The van der Waals surface area contributed by atoms with Crippen LogP contribution in [0.25, 0.3) is 5.65 Å². The van der Waals surface area contributed by atoms with Crippen LogP contribution in [0.15, 0.2) is 42.7 Å². The van der Waals surface area contributed by atoms with Gasteiger partial charge in [-0.2, -0.15) is 0 Å². The van der Waals surface area contributed by atoms with E-state index in [0.717, 1.165) is 42.0 Å². The summed E-state index contributed by atoms with van der Waals surface area (Å²) in [7, 11) is 1.71. The monoisotopic (exact) mass is 533 g/mol. The Labute approximate surface area is 230 Å². The molecule has 2 aliphatic heterocycles. The second kappa shape index (κ2) is 10.6. The zero-order valence-electron chi connectivity index (χ0n) is 23.8. The third-order valence-electron chi connectivity index (χ3n) is 8.33. The summed E-state index contributed by atoms with van der Waals surface area (Å²) in [6.07, 6.45) is 7.82. The molecule has 8 heteroatoms. The quantitative estimate of drug-likeness (QED) is 0.413. The van der Waals surface area contributed by atoms with E-state index >= 15 is 4.39 Å². The zero-order chi connectivity index (χ0) is 27.9. The molecule has 3 aromatic rings. The SMILES string of the molecule is CCC(=O)N1CCC(C(=O)N(C)[C@@H](c2ccc(N3CCCc4c3cnc3cc(C)cn43)cc2)C(C)(C)F)CC1. The fourth-order valence-corrected chi connectivity index (χ4v) is 6.42. The van der Waals surface area contributed by atoms with Gasteiger partial charge in [0.1, 0.15) is 11.3 Å². The predicted octanol–water partition coefficient (Wildman–Crippen LogP) is 5.62. The Kier molecular flexibility index (Phi) is 7.40. The predicted molar refractivity (Wildman–Crippen MR) is 152 cm³/mol. The minimum absolute atomic E-state index is 0.0551. The van der Waals surface area contributed by atoms with Gasteiger partial charge in [0.05, 0.1) is 17.9 Å². The lowest BCUT2D eigenvalue weighted by Gasteiger charge is -2.39. The first-order valence-corrected chi connectivity index (χ1v) is 14.2. The molecule has 0 spiro atoms. The molecule has 39 heavy (non-hydrogen) atoms. The van der Waals surface area contributed by atoms with Crippen LogP contribution in [0.3, 0.4) is 0 Å². The molecule has 0 bridgehead atoms. The number of hydrogen-bond donors (Lipinski definition) is 0. The molecular formula is C31H40FN5O2. The van der Waals surface area contributed by atoms with Gasteiger partial charge in [-0.05, 0) is 75.8 Å². The van der Waals surface area contributed by atoms with Crippen LogP contribution in [0, 0.1) is 12.8 Å². The average molecular weight is 534 g/mol. The van der Waals surface area contributed by atoms with Crippen molar-refractivity contribution in [2.24, 2.45) is 5.92 Å². The lowest BCUT2D eigenvalue weighted by molar-refractivity contribution is -0.143. The maximum atomic E-state index is 15.7. The number of amides is 2. The van der Waals surface area contributed by atoms with Gasteiger partial charge < -0.3 is 19.1 Å². The number of carbonyl (C=O) groups is 2. The molecule has 0 saturated carbocycles. The van der Waals surface area contributed by atoms with Crippen LogP contribution in [0.1, 0.15) is 69.3 Å². The van der Waals surface area contributed by atoms with Crippen LogP contribution in [0.5, 0.6) is 0 Å². The molecular weight excluding hydrogens is 493 g/mol. The molecule has 1 atom stereocenters. The second-order valence-corrected chi connectivity index (χ2v) is 11.6. The summed E-state index contributed by atoms with van der Waals surface area (Å²) < 4.78 is 17.9. The van der Waals surface area contributed by atoms with Gasteiger partial charge in [0, 0.05) is 56.6 Å². The Balaban J connectivity index is 1.36. The fourth-order valence-electron chi connectivity index (χ4n) is 6.42. The standard InChI is InChI=1S/C31H40FN5O2/c1-6-28(38)35-16-13-23(14-17-35)30(39)34(5)29(31(3,4)32)22-9-11-24(12-10-22)36-15-7-8-25-26(36)19-33-27-18-21(2)20-37(25)27/h9-12,18-20,23,29H,6-8,13-17H2,1-5H3/t29-/m0/s1. The average Bonchev–Trinajstić information content (AvgIpc) is 3.32. The third-order valence-corrected chi connectivity index (χ3v) is 8.33. The summed E-state index contributed by atoms with van der Waals surface area (Å²) in [5.74, 6) is -0.135. The molecule has 7 nitrogen and oxygen atoms in total. The van der Waals surface area contributed by atoms with Crippen molar-refractivity contribution >= 4 is 28.8 Å². The first-order chi connectivity index (χ1) is 18.6. The van der Waals surface area contributed by atoms with E-state index in [4.69, 9.17) is 0 Å². The first-order valence-electron chi connectivity index (χ1n) is 14.2. The number of carbonyl (C=O) groups excluding carboxylic acids is 2. The van der Waals surface area contributed by atoms with Crippen LogP contribution in [-0.2, 0) is 16.0 Å². The number of benzene rings is 1.